The lowest BCUT2D eigenvalue weighted by molar-refractivity contribution is -0.274. The standard InChI is InChI=1S/C18H20F3N3O4S2/c1-2-29-8-7-22-17(26)14-11-30-16(24-14)9-23-15(25)10-27-12-3-5-13(6-4-12)28-18(19,20)21/h3-6,11H,2,7-10H2,1H3,(H,22,26)(H,23,25). The van der Waals surface area contributed by atoms with E-state index in [-0.39, 0.29) is 30.6 Å². The molecule has 164 valence electrons. The van der Waals surface area contributed by atoms with E-state index < -0.39 is 12.3 Å². The fourth-order valence-corrected chi connectivity index (χ4v) is 3.33. The fourth-order valence-electron chi connectivity index (χ4n) is 2.08. The number of halogens is 3. The maximum Gasteiger partial charge on any atom is 0.573 e. The molecule has 1 heterocycles. The van der Waals surface area contributed by atoms with Crippen LogP contribution in [-0.4, -0.2) is 47.8 Å². The predicted octanol–water partition coefficient (Wildman–Crippen LogP) is 3.22. The summed E-state index contributed by atoms with van der Waals surface area (Å²) in [4.78, 5) is 28.0. The van der Waals surface area contributed by atoms with Crippen molar-refractivity contribution in [1.29, 1.82) is 0 Å². The molecular formula is C18H20F3N3O4S2. The number of nitrogens with zero attached hydrogens (tertiary/aromatic N) is 1. The second-order valence-electron chi connectivity index (χ2n) is 5.66. The smallest absolute Gasteiger partial charge is 0.484 e. The van der Waals surface area contributed by atoms with Crippen molar-refractivity contribution in [2.75, 3.05) is 24.7 Å². The third-order valence-corrected chi connectivity index (χ3v) is 5.13. The highest BCUT2D eigenvalue weighted by Crippen LogP contribution is 2.24. The molecular weight excluding hydrogens is 443 g/mol. The molecule has 0 spiro atoms. The molecule has 0 aliphatic rings. The first kappa shape index (κ1) is 23.8. The second kappa shape index (κ2) is 11.6. The maximum atomic E-state index is 12.1. The predicted molar refractivity (Wildman–Crippen MR) is 108 cm³/mol. The lowest BCUT2D eigenvalue weighted by Crippen LogP contribution is -2.28. The first-order valence-corrected chi connectivity index (χ1v) is 10.9. The Kier molecular flexibility index (Phi) is 9.24. The van der Waals surface area contributed by atoms with Crippen molar-refractivity contribution in [3.05, 3.63) is 40.3 Å². The minimum absolute atomic E-state index is 0.129. The number of alkyl halides is 3. The van der Waals surface area contributed by atoms with Gasteiger partial charge in [-0.1, -0.05) is 6.92 Å². The van der Waals surface area contributed by atoms with Gasteiger partial charge in [-0.3, -0.25) is 9.59 Å². The van der Waals surface area contributed by atoms with Crippen LogP contribution in [0.1, 0.15) is 22.4 Å². The van der Waals surface area contributed by atoms with Gasteiger partial charge < -0.3 is 20.1 Å². The average Bonchev–Trinajstić information content (AvgIpc) is 3.17. The van der Waals surface area contributed by atoms with Gasteiger partial charge in [-0.2, -0.15) is 11.8 Å². The van der Waals surface area contributed by atoms with Crippen LogP contribution in [0.2, 0.25) is 0 Å². The van der Waals surface area contributed by atoms with Gasteiger partial charge in [0, 0.05) is 17.7 Å². The summed E-state index contributed by atoms with van der Waals surface area (Å²) < 4.78 is 45.3. The lowest BCUT2D eigenvalue weighted by Gasteiger charge is -2.10. The molecule has 0 aliphatic carbocycles. The number of carbonyl (C=O) groups excluding carboxylic acids is 2. The van der Waals surface area contributed by atoms with E-state index in [2.05, 4.69) is 20.4 Å². The Morgan fingerprint density at radius 3 is 2.53 bits per heavy atom. The van der Waals surface area contributed by atoms with Crippen LogP contribution in [-0.2, 0) is 11.3 Å². The van der Waals surface area contributed by atoms with Gasteiger partial charge in [-0.15, -0.1) is 24.5 Å². The molecule has 30 heavy (non-hydrogen) atoms. The number of hydrogen-bond acceptors (Lipinski definition) is 7. The topological polar surface area (TPSA) is 89.6 Å². The fraction of sp³-hybridized carbons (Fsp3) is 0.389. The van der Waals surface area contributed by atoms with Gasteiger partial charge in [0.15, 0.2) is 6.61 Å². The van der Waals surface area contributed by atoms with Crippen LogP contribution in [0.4, 0.5) is 13.2 Å². The summed E-state index contributed by atoms with van der Waals surface area (Å²) in [7, 11) is 0. The first-order chi connectivity index (χ1) is 14.3. The molecule has 2 amide bonds. The van der Waals surface area contributed by atoms with E-state index in [0.29, 0.717) is 17.2 Å². The van der Waals surface area contributed by atoms with Gasteiger partial charge in [0.2, 0.25) is 0 Å². The Bertz CT molecular complexity index is 829. The Morgan fingerprint density at radius 1 is 1.17 bits per heavy atom. The normalized spacial score (nSPS) is 11.1. The number of hydrogen-bond donors (Lipinski definition) is 2. The molecule has 0 radical (unpaired) electrons. The van der Waals surface area contributed by atoms with Crippen molar-refractivity contribution in [3.63, 3.8) is 0 Å². The van der Waals surface area contributed by atoms with Crippen molar-refractivity contribution < 1.29 is 32.2 Å². The Balaban J connectivity index is 1.71. The summed E-state index contributed by atoms with van der Waals surface area (Å²) in [5, 5.41) is 7.55. The zero-order valence-corrected chi connectivity index (χ0v) is 17.6. The molecule has 0 saturated carbocycles. The molecule has 2 aromatic rings. The van der Waals surface area contributed by atoms with E-state index in [1.807, 2.05) is 6.92 Å². The summed E-state index contributed by atoms with van der Waals surface area (Å²) >= 11 is 2.97. The van der Waals surface area contributed by atoms with Crippen LogP contribution < -0.4 is 20.1 Å². The van der Waals surface area contributed by atoms with E-state index in [0.717, 1.165) is 23.6 Å². The van der Waals surface area contributed by atoms with Crippen LogP contribution in [0.25, 0.3) is 0 Å². The third kappa shape index (κ3) is 8.91. The molecule has 0 saturated heterocycles. The molecule has 2 rings (SSSR count). The van der Waals surface area contributed by atoms with E-state index >= 15 is 0 Å². The molecule has 0 atom stereocenters. The monoisotopic (exact) mass is 463 g/mol. The molecule has 2 N–H and O–H groups in total. The number of amides is 2. The molecule has 12 heteroatoms. The maximum absolute atomic E-state index is 12.1. The first-order valence-electron chi connectivity index (χ1n) is 8.82. The number of nitrogens with one attached hydrogen (secondary N) is 2. The molecule has 0 bridgehead atoms. The van der Waals surface area contributed by atoms with Gasteiger partial charge in [0.1, 0.15) is 22.2 Å². The number of thioether (sulfide) groups is 1. The number of thiazole rings is 1. The van der Waals surface area contributed by atoms with Crippen LogP contribution >= 0.6 is 23.1 Å². The van der Waals surface area contributed by atoms with E-state index in [1.165, 1.54) is 23.5 Å². The number of rotatable bonds is 11. The zero-order valence-electron chi connectivity index (χ0n) is 16.0. The van der Waals surface area contributed by atoms with Gasteiger partial charge >= 0.3 is 6.36 Å². The summed E-state index contributed by atoms with van der Waals surface area (Å²) in [6.45, 7) is 2.40. The average molecular weight is 464 g/mol. The largest absolute Gasteiger partial charge is 0.573 e. The van der Waals surface area contributed by atoms with Crippen LogP contribution in [0.3, 0.4) is 0 Å². The Labute approximate surface area is 179 Å². The molecule has 1 aromatic carbocycles. The van der Waals surface area contributed by atoms with Gasteiger partial charge in [-0.05, 0) is 30.0 Å². The Morgan fingerprint density at radius 2 is 1.87 bits per heavy atom. The van der Waals surface area contributed by atoms with Crippen molar-refractivity contribution >= 4 is 34.9 Å². The molecule has 0 unspecified atom stereocenters. The van der Waals surface area contributed by atoms with E-state index in [9.17, 15) is 22.8 Å². The number of carbonyl (C=O) groups is 2. The van der Waals surface area contributed by atoms with Gasteiger partial charge in [0.05, 0.1) is 6.54 Å². The van der Waals surface area contributed by atoms with Gasteiger partial charge in [-0.25, -0.2) is 4.98 Å². The van der Waals surface area contributed by atoms with E-state index in [4.69, 9.17) is 4.74 Å². The van der Waals surface area contributed by atoms with Crippen molar-refractivity contribution in [3.8, 4) is 11.5 Å². The van der Waals surface area contributed by atoms with Crippen LogP contribution in [0, 0.1) is 0 Å². The Hall–Kier alpha value is -2.47. The molecule has 0 aliphatic heterocycles. The van der Waals surface area contributed by atoms with Crippen molar-refractivity contribution in [2.45, 2.75) is 19.8 Å². The van der Waals surface area contributed by atoms with Crippen LogP contribution in [0.15, 0.2) is 29.6 Å². The minimum atomic E-state index is -4.77. The molecule has 7 nitrogen and oxygen atoms in total. The van der Waals surface area contributed by atoms with Crippen LogP contribution in [0.5, 0.6) is 11.5 Å². The van der Waals surface area contributed by atoms with Crippen molar-refractivity contribution in [2.24, 2.45) is 0 Å². The summed E-state index contributed by atoms with van der Waals surface area (Å²) in [6.07, 6.45) is -4.77. The minimum Gasteiger partial charge on any atom is -0.484 e. The number of aromatic nitrogens is 1. The number of benzene rings is 1. The summed E-state index contributed by atoms with van der Waals surface area (Å²) in [6, 6.07) is 4.70. The quantitative estimate of drug-likeness (QED) is 0.498. The van der Waals surface area contributed by atoms with E-state index in [1.54, 1.807) is 17.1 Å². The molecule has 0 fully saturated rings. The lowest BCUT2D eigenvalue weighted by atomic mass is 10.3. The zero-order chi connectivity index (χ0) is 22.0. The number of ether oxygens (including phenoxy) is 2. The van der Waals surface area contributed by atoms with Gasteiger partial charge in [0.25, 0.3) is 11.8 Å². The highest BCUT2D eigenvalue weighted by molar-refractivity contribution is 7.99. The summed E-state index contributed by atoms with van der Waals surface area (Å²) in [5.41, 5.74) is 0.295. The second-order valence-corrected chi connectivity index (χ2v) is 8.00. The van der Waals surface area contributed by atoms with Crippen molar-refractivity contribution in [1.82, 2.24) is 15.6 Å². The highest BCUT2D eigenvalue weighted by atomic mass is 32.2. The molecule has 1 aromatic heterocycles. The highest BCUT2D eigenvalue weighted by Gasteiger charge is 2.31. The SMILES string of the molecule is CCSCCNC(=O)c1csc(CNC(=O)COc2ccc(OC(F)(F)F)cc2)n1. The third-order valence-electron chi connectivity index (χ3n) is 3.38. The summed E-state index contributed by atoms with van der Waals surface area (Å²) in [5.74, 6) is 0.942.